The van der Waals surface area contributed by atoms with Crippen molar-refractivity contribution < 1.29 is 14.3 Å². The van der Waals surface area contributed by atoms with Crippen LogP contribution >= 0.6 is 0 Å². The molecule has 2 saturated heterocycles. The number of allylic oxidation sites excluding steroid dienone is 3. The Hall–Kier alpha value is -2.04. The molecule has 4 fully saturated rings. The molecule has 0 bridgehead atoms. The van der Waals surface area contributed by atoms with Gasteiger partial charge >= 0.3 is 0 Å². The molecule has 0 radical (unpaired) electrons. The summed E-state index contributed by atoms with van der Waals surface area (Å²) in [7, 11) is 0. The van der Waals surface area contributed by atoms with Gasteiger partial charge in [-0.1, -0.05) is 88.6 Å². The number of fused-ring (bicyclic) bond motifs is 6. The highest BCUT2D eigenvalue weighted by Crippen LogP contribution is 2.64. The van der Waals surface area contributed by atoms with Crippen LogP contribution < -0.4 is 0 Å². The Morgan fingerprint density at radius 2 is 1.81 bits per heavy atom. The molecule has 1 aromatic rings. The first-order valence-electron chi connectivity index (χ1n) is 19.4. The van der Waals surface area contributed by atoms with Crippen LogP contribution in [0.2, 0.25) is 0 Å². The number of nitrogens with zero attached hydrogens (tertiary/aromatic N) is 1. The van der Waals surface area contributed by atoms with Crippen LogP contribution in [0.3, 0.4) is 0 Å². The van der Waals surface area contributed by atoms with Crippen molar-refractivity contribution in [3.8, 4) is 0 Å². The largest absolute Gasteiger partial charge is 0.369 e. The summed E-state index contributed by atoms with van der Waals surface area (Å²) < 4.78 is 7.20. The number of carbonyl (C=O) groups excluding carboxylic acids is 2. The van der Waals surface area contributed by atoms with Gasteiger partial charge in [-0.3, -0.25) is 9.69 Å². The second kappa shape index (κ2) is 15.2. The lowest BCUT2D eigenvalue weighted by atomic mass is 9.56. The highest BCUT2D eigenvalue weighted by atomic mass is 16.5. The molecule has 2 heterocycles. The van der Waals surface area contributed by atoms with Gasteiger partial charge in [-0.05, 0) is 125 Å². The van der Waals surface area contributed by atoms with E-state index in [1.165, 1.54) is 62.8 Å². The second-order valence-corrected chi connectivity index (χ2v) is 16.2. The Labute approximate surface area is 287 Å². The van der Waals surface area contributed by atoms with Crippen LogP contribution in [0.5, 0.6) is 0 Å². The fraction of sp³-hybridized carbons (Fsp3) is 0.721. The van der Waals surface area contributed by atoms with Gasteiger partial charge in [0.2, 0.25) is 0 Å². The van der Waals surface area contributed by atoms with E-state index in [4.69, 9.17) is 4.74 Å². The first kappa shape index (κ1) is 36.2. The molecule has 1 aromatic carbocycles. The van der Waals surface area contributed by atoms with E-state index in [0.717, 1.165) is 55.8 Å². The van der Waals surface area contributed by atoms with Crippen molar-refractivity contribution in [3.63, 3.8) is 0 Å². The number of rotatable bonds is 5. The Bertz CT molecular complexity index is 1310. The number of aryl methyl sites for hydroxylation is 1. The summed E-state index contributed by atoms with van der Waals surface area (Å²) in [4.78, 5) is 25.6. The number of piperidine rings is 1. The van der Waals surface area contributed by atoms with Gasteiger partial charge in [-0.25, -0.2) is 0 Å². The maximum Gasteiger partial charge on any atom is 0.155 e. The highest BCUT2D eigenvalue weighted by molar-refractivity contribution is 5.91. The zero-order valence-corrected chi connectivity index (χ0v) is 31.1. The smallest absolute Gasteiger partial charge is 0.155 e. The first-order valence-corrected chi connectivity index (χ1v) is 19.4. The lowest BCUT2D eigenvalue weighted by molar-refractivity contribution is -0.117. The molecule has 260 valence electrons. The molecule has 6 aliphatic rings. The Morgan fingerprint density at radius 3 is 2.51 bits per heavy atom. The predicted octanol–water partition coefficient (Wildman–Crippen LogP) is 9.96. The van der Waals surface area contributed by atoms with Gasteiger partial charge in [0.15, 0.2) is 5.78 Å². The van der Waals surface area contributed by atoms with E-state index in [-0.39, 0.29) is 16.8 Å². The predicted molar refractivity (Wildman–Crippen MR) is 194 cm³/mol. The fourth-order valence-corrected chi connectivity index (χ4v) is 11.0. The molecule has 0 unspecified atom stereocenters. The second-order valence-electron chi connectivity index (χ2n) is 16.2. The number of ether oxygens (including phenoxy) is 1. The zero-order chi connectivity index (χ0) is 33.9. The molecule has 2 aliphatic heterocycles. The van der Waals surface area contributed by atoms with Crippen LogP contribution in [-0.2, 0) is 20.7 Å². The van der Waals surface area contributed by atoms with Gasteiger partial charge in [-0.15, -0.1) is 0 Å². The topological polar surface area (TPSA) is 46.6 Å². The number of Topliss-reactive ketones (excluding diaryl/α,β-unsaturated/α-hetero) is 1. The third-order valence-electron chi connectivity index (χ3n) is 13.3. The van der Waals surface area contributed by atoms with E-state index in [1.54, 1.807) is 18.1 Å². The van der Waals surface area contributed by atoms with Gasteiger partial charge in [0.1, 0.15) is 5.78 Å². The first-order chi connectivity index (χ1) is 22.5. The monoisotopic (exact) mass is 643 g/mol. The van der Waals surface area contributed by atoms with Crippen LogP contribution in [0.4, 0.5) is 0 Å². The van der Waals surface area contributed by atoms with Crippen molar-refractivity contribution in [1.82, 2.24) is 4.90 Å². The molecule has 7 rings (SSSR count). The molecule has 4 heteroatoms. The fourth-order valence-electron chi connectivity index (χ4n) is 11.0. The van der Waals surface area contributed by atoms with Crippen LogP contribution in [0, 0.1) is 35.0 Å². The molecule has 4 nitrogen and oxygen atoms in total. The summed E-state index contributed by atoms with van der Waals surface area (Å²) in [5.41, 5.74) is 6.50. The standard InChI is InChI=1S/C31H47NO2.C10H12O.C2H6/c1-6-13-32-18-19(2)14-28-29(32)21(4)31(34-28)12-10-24-25-8-7-22-15-23(33)9-11-30(22,5)27(25)16-26(24)20(3)17-31;1-9(11)7-8-10-5-3-2-4-6-10;1-2/h15,19,21,24-25,27-29H,6-14,16-18H2,1-5H3;2-6H,7-8H2,1H3;1-2H3/t19-,21+,24-,25-,27-,28+,29-,30-,31-;;/m0../s1. The Morgan fingerprint density at radius 1 is 1.06 bits per heavy atom. The molecular formula is C43H65NO3. The van der Waals surface area contributed by atoms with E-state index in [1.807, 2.05) is 50.3 Å². The lowest BCUT2D eigenvalue weighted by Crippen LogP contribution is -2.52. The van der Waals surface area contributed by atoms with Crippen molar-refractivity contribution in [3.05, 3.63) is 58.7 Å². The number of ketones is 2. The molecule has 0 aromatic heterocycles. The SMILES string of the molecule is CC.CC(=O)CCc1ccccc1.CCCN1C[C@@H](C)C[C@H]2O[C@]3(CC[C@@H]4C(=C(C)C3)C[C@H]3[C@H]4CCC4=CC(=O)CC[C@@]43C)[C@H](C)[C@@H]21. The van der Waals surface area contributed by atoms with Crippen molar-refractivity contribution in [2.45, 2.75) is 150 Å². The summed E-state index contributed by atoms with van der Waals surface area (Å²) in [6, 6.07) is 10.7. The zero-order valence-electron chi connectivity index (χ0n) is 31.1. The maximum absolute atomic E-state index is 12.2. The third-order valence-corrected chi connectivity index (χ3v) is 13.3. The normalized spacial score (nSPS) is 37.7. The summed E-state index contributed by atoms with van der Waals surface area (Å²) in [6.07, 6.45) is 15.7. The summed E-state index contributed by atoms with van der Waals surface area (Å²) in [5.74, 6) is 4.30. The molecular weight excluding hydrogens is 578 g/mol. The molecule has 0 N–H and O–H groups in total. The average Bonchev–Trinajstić information content (AvgIpc) is 3.52. The van der Waals surface area contributed by atoms with Gasteiger partial charge in [-0.2, -0.15) is 0 Å². The van der Waals surface area contributed by atoms with Gasteiger partial charge in [0, 0.05) is 31.3 Å². The third kappa shape index (κ3) is 7.30. The average molecular weight is 644 g/mol. The number of benzene rings is 1. The van der Waals surface area contributed by atoms with E-state index in [2.05, 4.69) is 39.5 Å². The molecule has 0 amide bonds. The van der Waals surface area contributed by atoms with Gasteiger partial charge in [0.05, 0.1) is 11.7 Å². The molecule has 2 saturated carbocycles. The maximum atomic E-state index is 12.2. The van der Waals surface area contributed by atoms with Crippen molar-refractivity contribution >= 4 is 11.6 Å². The van der Waals surface area contributed by atoms with E-state index >= 15 is 0 Å². The van der Waals surface area contributed by atoms with Crippen LogP contribution in [0.1, 0.15) is 132 Å². The van der Waals surface area contributed by atoms with Crippen molar-refractivity contribution in [2.75, 3.05) is 13.1 Å². The Kier molecular flexibility index (Phi) is 11.8. The van der Waals surface area contributed by atoms with E-state index < -0.39 is 0 Å². The quantitative estimate of drug-likeness (QED) is 0.300. The highest BCUT2D eigenvalue weighted by Gasteiger charge is 2.59. The number of hydrogen-bond acceptors (Lipinski definition) is 4. The van der Waals surface area contributed by atoms with Gasteiger partial charge in [0.25, 0.3) is 0 Å². The Balaban J connectivity index is 0.000000283. The summed E-state index contributed by atoms with van der Waals surface area (Å²) in [6.45, 7) is 20.3. The van der Waals surface area contributed by atoms with Crippen LogP contribution in [-0.4, -0.2) is 47.3 Å². The minimum absolute atomic E-state index is 0.0448. The van der Waals surface area contributed by atoms with Crippen LogP contribution in [0.25, 0.3) is 0 Å². The molecule has 4 aliphatic carbocycles. The minimum atomic E-state index is 0.0448. The van der Waals surface area contributed by atoms with Crippen LogP contribution in [0.15, 0.2) is 53.1 Å². The molecule has 47 heavy (non-hydrogen) atoms. The minimum Gasteiger partial charge on any atom is -0.369 e. The summed E-state index contributed by atoms with van der Waals surface area (Å²) in [5, 5.41) is 0. The molecule has 1 spiro atoms. The number of hydrogen-bond donors (Lipinski definition) is 0. The van der Waals surface area contributed by atoms with E-state index in [0.29, 0.717) is 30.3 Å². The van der Waals surface area contributed by atoms with Crippen molar-refractivity contribution in [2.24, 2.45) is 35.0 Å². The lowest BCUT2D eigenvalue weighted by Gasteiger charge is -2.48. The molecule has 9 atom stereocenters. The number of carbonyl (C=O) groups is 2. The van der Waals surface area contributed by atoms with E-state index in [9.17, 15) is 9.59 Å². The van der Waals surface area contributed by atoms with Gasteiger partial charge < -0.3 is 9.53 Å². The van der Waals surface area contributed by atoms with Crippen molar-refractivity contribution in [1.29, 1.82) is 0 Å². The summed E-state index contributed by atoms with van der Waals surface area (Å²) >= 11 is 0. The number of likely N-dealkylation sites (tertiary alicyclic amines) is 1.